The molecule has 1 aromatic carbocycles. The van der Waals surface area contributed by atoms with Crippen LogP contribution in [-0.2, 0) is 9.59 Å². The Balaban J connectivity index is 1.68. The molecule has 2 heterocycles. The Morgan fingerprint density at radius 3 is 2.87 bits per heavy atom. The molecule has 1 aliphatic rings. The van der Waals surface area contributed by atoms with Crippen LogP contribution in [0.2, 0.25) is 0 Å². The van der Waals surface area contributed by atoms with E-state index in [1.54, 1.807) is 17.4 Å². The maximum Gasteiger partial charge on any atom is 0.248 e. The molecule has 23 heavy (non-hydrogen) atoms. The van der Waals surface area contributed by atoms with E-state index in [1.807, 2.05) is 47.5 Å². The van der Waals surface area contributed by atoms with Crippen molar-refractivity contribution in [2.75, 3.05) is 16.8 Å². The van der Waals surface area contributed by atoms with Gasteiger partial charge in [0.1, 0.15) is 0 Å². The van der Waals surface area contributed by atoms with Crippen LogP contribution in [0.25, 0.3) is 6.08 Å². The zero-order chi connectivity index (χ0) is 16.2. The van der Waals surface area contributed by atoms with Crippen molar-refractivity contribution in [3.63, 3.8) is 0 Å². The molecule has 0 unspecified atom stereocenters. The predicted molar refractivity (Wildman–Crippen MR) is 94.7 cm³/mol. The van der Waals surface area contributed by atoms with Crippen molar-refractivity contribution in [1.82, 2.24) is 0 Å². The van der Waals surface area contributed by atoms with Gasteiger partial charge in [-0.3, -0.25) is 9.59 Å². The number of rotatable bonds is 4. The normalized spacial score (nSPS) is 14.7. The van der Waals surface area contributed by atoms with Crippen molar-refractivity contribution >= 4 is 40.6 Å². The topological polar surface area (TPSA) is 49.4 Å². The monoisotopic (exact) mass is 326 g/mol. The number of nitrogens with zero attached hydrogens (tertiary/aromatic N) is 1. The number of benzene rings is 1. The molecule has 4 nitrogen and oxygen atoms in total. The molecule has 3 rings (SSSR count). The molecule has 0 bridgehead atoms. The van der Waals surface area contributed by atoms with Crippen molar-refractivity contribution in [3.8, 4) is 0 Å². The van der Waals surface area contributed by atoms with Gasteiger partial charge < -0.3 is 10.2 Å². The van der Waals surface area contributed by atoms with Crippen LogP contribution in [0.4, 0.5) is 11.4 Å². The van der Waals surface area contributed by atoms with Gasteiger partial charge in [-0.05, 0) is 54.6 Å². The van der Waals surface area contributed by atoms with E-state index in [-0.39, 0.29) is 11.8 Å². The van der Waals surface area contributed by atoms with E-state index in [4.69, 9.17) is 0 Å². The Morgan fingerprint density at radius 2 is 2.22 bits per heavy atom. The van der Waals surface area contributed by atoms with Crippen LogP contribution in [0.5, 0.6) is 0 Å². The standard InChI is InChI=1S/C18H18N2O2S/c1-13-12-14(6-8-16(13)20-10-2-5-18(20)22)19-17(21)9-7-15-4-3-11-23-15/h3-4,6-9,11-12H,2,5,10H2,1H3,(H,19,21)/b9-7+. The molecule has 2 amide bonds. The van der Waals surface area contributed by atoms with E-state index in [9.17, 15) is 9.59 Å². The summed E-state index contributed by atoms with van der Waals surface area (Å²) < 4.78 is 0. The third-order valence-corrected chi connectivity index (χ3v) is 4.61. The molecule has 0 atom stereocenters. The summed E-state index contributed by atoms with van der Waals surface area (Å²) in [5, 5.41) is 4.82. The molecule has 5 heteroatoms. The van der Waals surface area contributed by atoms with E-state index in [0.717, 1.165) is 34.8 Å². The number of hydrogen-bond donors (Lipinski definition) is 1. The Morgan fingerprint density at radius 1 is 1.35 bits per heavy atom. The highest BCUT2D eigenvalue weighted by Crippen LogP contribution is 2.27. The molecule has 1 aliphatic heterocycles. The van der Waals surface area contributed by atoms with Gasteiger partial charge in [0.05, 0.1) is 0 Å². The van der Waals surface area contributed by atoms with Crippen LogP contribution in [0.1, 0.15) is 23.3 Å². The van der Waals surface area contributed by atoms with Gasteiger partial charge in [0.2, 0.25) is 11.8 Å². The molecule has 118 valence electrons. The number of thiophene rings is 1. The summed E-state index contributed by atoms with van der Waals surface area (Å²) in [5.74, 6) is 0.00608. The lowest BCUT2D eigenvalue weighted by atomic mass is 10.1. The van der Waals surface area contributed by atoms with E-state index < -0.39 is 0 Å². The van der Waals surface area contributed by atoms with Crippen LogP contribution in [0.3, 0.4) is 0 Å². The summed E-state index contributed by atoms with van der Waals surface area (Å²) in [4.78, 5) is 26.6. The SMILES string of the molecule is Cc1cc(NC(=O)/C=C/c2cccs2)ccc1N1CCCC1=O. The van der Waals surface area contributed by atoms with Crippen molar-refractivity contribution in [1.29, 1.82) is 0 Å². The zero-order valence-electron chi connectivity index (χ0n) is 12.9. The Hall–Kier alpha value is -2.40. The molecule has 0 spiro atoms. The fraction of sp³-hybridized carbons (Fsp3) is 0.222. The van der Waals surface area contributed by atoms with Gasteiger partial charge in [0, 0.05) is 35.3 Å². The quantitative estimate of drug-likeness (QED) is 0.868. The zero-order valence-corrected chi connectivity index (χ0v) is 13.7. The second-order valence-corrected chi connectivity index (χ2v) is 6.47. The molecule has 1 aromatic heterocycles. The number of hydrogen-bond acceptors (Lipinski definition) is 3. The summed E-state index contributed by atoms with van der Waals surface area (Å²) >= 11 is 1.59. The Bertz CT molecular complexity index is 750. The summed E-state index contributed by atoms with van der Waals surface area (Å²) in [6, 6.07) is 9.55. The minimum absolute atomic E-state index is 0.164. The lowest BCUT2D eigenvalue weighted by Crippen LogP contribution is -2.24. The average molecular weight is 326 g/mol. The smallest absolute Gasteiger partial charge is 0.248 e. The van der Waals surface area contributed by atoms with E-state index in [0.29, 0.717) is 6.42 Å². The fourth-order valence-electron chi connectivity index (χ4n) is 2.67. The predicted octanol–water partition coefficient (Wildman–Crippen LogP) is 3.84. The molecular formula is C18H18N2O2S. The maximum absolute atomic E-state index is 12.0. The van der Waals surface area contributed by atoms with E-state index in [2.05, 4.69) is 5.32 Å². The third kappa shape index (κ3) is 3.68. The molecule has 0 radical (unpaired) electrons. The van der Waals surface area contributed by atoms with E-state index >= 15 is 0 Å². The van der Waals surface area contributed by atoms with Crippen LogP contribution in [0.15, 0.2) is 41.8 Å². The third-order valence-electron chi connectivity index (χ3n) is 3.77. The largest absolute Gasteiger partial charge is 0.323 e. The first-order valence-corrected chi connectivity index (χ1v) is 8.45. The summed E-state index contributed by atoms with van der Waals surface area (Å²) in [7, 11) is 0. The lowest BCUT2D eigenvalue weighted by molar-refractivity contribution is -0.117. The summed E-state index contributed by atoms with van der Waals surface area (Å²) in [6.45, 7) is 2.73. The lowest BCUT2D eigenvalue weighted by Gasteiger charge is -2.19. The van der Waals surface area contributed by atoms with Crippen LogP contribution >= 0.6 is 11.3 Å². The van der Waals surface area contributed by atoms with Crippen LogP contribution in [0, 0.1) is 6.92 Å². The first-order valence-electron chi connectivity index (χ1n) is 7.57. The molecule has 0 aliphatic carbocycles. The second-order valence-electron chi connectivity index (χ2n) is 5.49. The van der Waals surface area contributed by atoms with Gasteiger partial charge in [-0.25, -0.2) is 0 Å². The molecule has 2 aromatic rings. The number of anilines is 2. The number of aryl methyl sites for hydroxylation is 1. The number of carbonyl (C=O) groups is 2. The fourth-order valence-corrected chi connectivity index (χ4v) is 3.28. The molecule has 0 saturated carbocycles. The van der Waals surface area contributed by atoms with Gasteiger partial charge in [-0.2, -0.15) is 0 Å². The van der Waals surface area contributed by atoms with Gasteiger partial charge in [0.15, 0.2) is 0 Å². The molecular weight excluding hydrogens is 308 g/mol. The first kappa shape index (κ1) is 15.5. The van der Waals surface area contributed by atoms with Gasteiger partial charge in [-0.1, -0.05) is 6.07 Å². The van der Waals surface area contributed by atoms with Gasteiger partial charge in [0.25, 0.3) is 0 Å². The first-order chi connectivity index (χ1) is 11.1. The molecule has 1 fully saturated rings. The van der Waals surface area contributed by atoms with Crippen molar-refractivity contribution in [2.24, 2.45) is 0 Å². The highest BCUT2D eigenvalue weighted by molar-refractivity contribution is 7.10. The molecule has 1 N–H and O–H groups in total. The maximum atomic E-state index is 12.0. The van der Waals surface area contributed by atoms with Gasteiger partial charge in [-0.15, -0.1) is 11.3 Å². The Kier molecular flexibility index (Phi) is 4.57. The number of carbonyl (C=O) groups excluding carboxylic acids is 2. The van der Waals surface area contributed by atoms with Crippen molar-refractivity contribution < 1.29 is 9.59 Å². The summed E-state index contributed by atoms with van der Waals surface area (Å²) in [6.07, 6.45) is 4.85. The van der Waals surface area contributed by atoms with Crippen LogP contribution < -0.4 is 10.2 Å². The average Bonchev–Trinajstić information content (AvgIpc) is 3.17. The van der Waals surface area contributed by atoms with Crippen molar-refractivity contribution in [2.45, 2.75) is 19.8 Å². The Labute approximate surface area is 139 Å². The van der Waals surface area contributed by atoms with Crippen LogP contribution in [-0.4, -0.2) is 18.4 Å². The van der Waals surface area contributed by atoms with Gasteiger partial charge >= 0.3 is 0 Å². The number of nitrogens with one attached hydrogen (secondary N) is 1. The van der Waals surface area contributed by atoms with E-state index in [1.165, 1.54) is 6.08 Å². The highest BCUT2D eigenvalue weighted by Gasteiger charge is 2.22. The highest BCUT2D eigenvalue weighted by atomic mass is 32.1. The summed E-state index contributed by atoms with van der Waals surface area (Å²) in [5.41, 5.74) is 2.65. The minimum Gasteiger partial charge on any atom is -0.323 e. The van der Waals surface area contributed by atoms with Crippen molar-refractivity contribution in [3.05, 3.63) is 52.2 Å². The minimum atomic E-state index is -0.164. The number of amides is 2. The molecule has 1 saturated heterocycles. The second kappa shape index (κ2) is 6.79.